The van der Waals surface area contributed by atoms with Crippen molar-refractivity contribution in [2.24, 2.45) is 0 Å². The van der Waals surface area contributed by atoms with Crippen LogP contribution in [-0.2, 0) is 10.0 Å². The number of sulfonamides is 1. The Hall–Kier alpha value is -0.700. The third-order valence-electron chi connectivity index (χ3n) is 3.29. The first kappa shape index (κ1) is 15.7. The molecule has 0 aromatic carbocycles. The van der Waals surface area contributed by atoms with Crippen LogP contribution < -0.4 is 10.2 Å². The minimum Gasteiger partial charge on any atom is -0.345 e. The Morgan fingerprint density at radius 1 is 1.30 bits per heavy atom. The molecule has 2 rings (SSSR count). The van der Waals surface area contributed by atoms with Crippen molar-refractivity contribution in [1.29, 1.82) is 0 Å². The van der Waals surface area contributed by atoms with Gasteiger partial charge in [0.25, 0.3) is 0 Å². The van der Waals surface area contributed by atoms with E-state index in [1.54, 1.807) is 21.8 Å². The second kappa shape index (κ2) is 7.35. The number of nitrogens with zero attached hydrogens (tertiary/aromatic N) is 3. The summed E-state index contributed by atoms with van der Waals surface area (Å²) in [4.78, 5) is 6.41. The summed E-state index contributed by atoms with van der Waals surface area (Å²) in [6, 6.07) is 0. The summed E-state index contributed by atoms with van der Waals surface area (Å²) in [6.07, 6.45) is 2.80. The monoisotopic (exact) mass is 318 g/mol. The largest absolute Gasteiger partial charge is 0.345 e. The average Bonchev–Trinajstić information content (AvgIpc) is 2.98. The van der Waals surface area contributed by atoms with Gasteiger partial charge in [-0.1, -0.05) is 6.92 Å². The molecule has 1 aliphatic rings. The Kier molecular flexibility index (Phi) is 5.76. The lowest BCUT2D eigenvalue weighted by atomic mass is 10.4. The van der Waals surface area contributed by atoms with Gasteiger partial charge in [-0.05, 0) is 13.0 Å². The molecule has 1 aromatic rings. The van der Waals surface area contributed by atoms with E-state index in [1.165, 1.54) is 0 Å². The molecule has 8 heteroatoms. The molecule has 0 aliphatic carbocycles. The van der Waals surface area contributed by atoms with E-state index >= 15 is 0 Å². The molecule has 1 N–H and O–H groups in total. The lowest BCUT2D eigenvalue weighted by Gasteiger charge is -2.33. The van der Waals surface area contributed by atoms with Crippen molar-refractivity contribution < 1.29 is 8.42 Å². The summed E-state index contributed by atoms with van der Waals surface area (Å²) in [7, 11) is -3.13. The van der Waals surface area contributed by atoms with E-state index in [2.05, 4.69) is 22.1 Å². The van der Waals surface area contributed by atoms with Crippen LogP contribution in [0.3, 0.4) is 0 Å². The maximum absolute atomic E-state index is 12.2. The standard InChI is InChI=1S/C12H22N4O2S2/c1-2-3-13-5-11-20(17,18)16-8-6-15(7-9-16)12-14-4-10-19-12/h4,10,13H,2-3,5-9,11H2,1H3. The van der Waals surface area contributed by atoms with E-state index in [4.69, 9.17) is 0 Å². The number of hydrogen-bond donors (Lipinski definition) is 1. The summed E-state index contributed by atoms with van der Waals surface area (Å²) in [5.41, 5.74) is 0. The summed E-state index contributed by atoms with van der Waals surface area (Å²) < 4.78 is 26.0. The predicted molar refractivity (Wildman–Crippen MR) is 82.8 cm³/mol. The molecule has 0 unspecified atom stereocenters. The molecule has 0 atom stereocenters. The van der Waals surface area contributed by atoms with Gasteiger partial charge >= 0.3 is 0 Å². The summed E-state index contributed by atoms with van der Waals surface area (Å²) in [5, 5.41) is 6.06. The highest BCUT2D eigenvalue weighted by Crippen LogP contribution is 2.19. The molecule has 2 heterocycles. The Morgan fingerprint density at radius 2 is 2.05 bits per heavy atom. The molecule has 20 heavy (non-hydrogen) atoms. The molecule has 0 spiro atoms. The van der Waals surface area contributed by atoms with Gasteiger partial charge in [0, 0.05) is 44.3 Å². The highest BCUT2D eigenvalue weighted by Gasteiger charge is 2.27. The van der Waals surface area contributed by atoms with Gasteiger partial charge in [0.15, 0.2) is 5.13 Å². The average molecular weight is 318 g/mol. The van der Waals surface area contributed by atoms with Gasteiger partial charge in [0.05, 0.1) is 5.75 Å². The molecule has 1 saturated heterocycles. The van der Waals surface area contributed by atoms with Gasteiger partial charge in [-0.3, -0.25) is 0 Å². The zero-order valence-electron chi connectivity index (χ0n) is 11.8. The lowest BCUT2D eigenvalue weighted by molar-refractivity contribution is 0.384. The number of piperazine rings is 1. The molecule has 0 saturated carbocycles. The Balaban J connectivity index is 1.80. The van der Waals surface area contributed by atoms with Gasteiger partial charge in [-0.2, -0.15) is 4.31 Å². The Morgan fingerprint density at radius 3 is 2.65 bits per heavy atom. The van der Waals surface area contributed by atoms with Crippen LogP contribution in [0.2, 0.25) is 0 Å². The molecular formula is C12H22N4O2S2. The fourth-order valence-electron chi connectivity index (χ4n) is 2.16. The fourth-order valence-corrected chi connectivity index (χ4v) is 4.24. The molecule has 0 bridgehead atoms. The Labute approximate surface area is 124 Å². The van der Waals surface area contributed by atoms with Gasteiger partial charge in [0.2, 0.25) is 10.0 Å². The number of hydrogen-bond acceptors (Lipinski definition) is 6. The number of aromatic nitrogens is 1. The SMILES string of the molecule is CCCNCCS(=O)(=O)N1CCN(c2nccs2)CC1. The van der Waals surface area contributed by atoms with E-state index in [-0.39, 0.29) is 5.75 Å². The van der Waals surface area contributed by atoms with Crippen LogP contribution in [0, 0.1) is 0 Å². The smallest absolute Gasteiger partial charge is 0.215 e. The highest BCUT2D eigenvalue weighted by atomic mass is 32.2. The number of thiazole rings is 1. The van der Waals surface area contributed by atoms with E-state index < -0.39 is 10.0 Å². The number of anilines is 1. The van der Waals surface area contributed by atoms with Crippen molar-refractivity contribution in [2.75, 3.05) is 49.9 Å². The first-order chi connectivity index (χ1) is 9.63. The van der Waals surface area contributed by atoms with Gasteiger partial charge in [-0.25, -0.2) is 13.4 Å². The van der Waals surface area contributed by atoms with E-state index in [0.29, 0.717) is 19.6 Å². The van der Waals surface area contributed by atoms with Crippen LogP contribution in [0.5, 0.6) is 0 Å². The summed E-state index contributed by atoms with van der Waals surface area (Å²) >= 11 is 1.59. The van der Waals surface area contributed by atoms with Crippen molar-refractivity contribution >= 4 is 26.5 Å². The van der Waals surface area contributed by atoms with Crippen LogP contribution in [0.1, 0.15) is 13.3 Å². The molecule has 6 nitrogen and oxygen atoms in total. The molecule has 1 aliphatic heterocycles. The van der Waals surface area contributed by atoms with Crippen molar-refractivity contribution in [1.82, 2.24) is 14.6 Å². The van der Waals surface area contributed by atoms with Crippen LogP contribution in [-0.4, -0.2) is 62.7 Å². The van der Waals surface area contributed by atoms with Crippen molar-refractivity contribution in [2.45, 2.75) is 13.3 Å². The first-order valence-electron chi connectivity index (χ1n) is 6.96. The van der Waals surface area contributed by atoms with Crippen molar-refractivity contribution in [3.8, 4) is 0 Å². The van der Waals surface area contributed by atoms with Gasteiger partial charge in [0.1, 0.15) is 0 Å². The minimum atomic E-state index is -3.13. The quantitative estimate of drug-likeness (QED) is 0.746. The van der Waals surface area contributed by atoms with E-state index in [1.807, 2.05) is 5.38 Å². The van der Waals surface area contributed by atoms with Crippen LogP contribution in [0.25, 0.3) is 0 Å². The molecule has 1 fully saturated rings. The molecular weight excluding hydrogens is 296 g/mol. The van der Waals surface area contributed by atoms with Crippen LogP contribution in [0.15, 0.2) is 11.6 Å². The maximum Gasteiger partial charge on any atom is 0.215 e. The summed E-state index contributed by atoms with van der Waals surface area (Å²) in [5.74, 6) is 0.185. The normalized spacial score (nSPS) is 17.6. The van der Waals surface area contributed by atoms with Crippen LogP contribution >= 0.6 is 11.3 Å². The maximum atomic E-state index is 12.2. The molecule has 1 aromatic heterocycles. The van der Waals surface area contributed by atoms with Crippen LogP contribution in [0.4, 0.5) is 5.13 Å². The number of rotatable bonds is 7. The highest BCUT2D eigenvalue weighted by molar-refractivity contribution is 7.89. The zero-order chi connectivity index (χ0) is 14.4. The second-order valence-corrected chi connectivity index (χ2v) is 7.73. The van der Waals surface area contributed by atoms with Gasteiger partial charge in [-0.15, -0.1) is 11.3 Å². The minimum absolute atomic E-state index is 0.185. The van der Waals surface area contributed by atoms with Gasteiger partial charge < -0.3 is 10.2 Å². The Bertz CT molecular complexity index is 482. The molecule has 114 valence electrons. The first-order valence-corrected chi connectivity index (χ1v) is 9.45. The van der Waals surface area contributed by atoms with Crippen molar-refractivity contribution in [3.63, 3.8) is 0 Å². The predicted octanol–water partition coefficient (Wildman–Crippen LogP) is 0.595. The van der Waals surface area contributed by atoms with Crippen molar-refractivity contribution in [3.05, 3.63) is 11.6 Å². The summed E-state index contributed by atoms with van der Waals surface area (Å²) in [6.45, 7) is 6.01. The topological polar surface area (TPSA) is 65.5 Å². The van der Waals surface area contributed by atoms with E-state index in [0.717, 1.165) is 31.2 Å². The molecule has 0 amide bonds. The zero-order valence-corrected chi connectivity index (χ0v) is 13.4. The molecule has 0 radical (unpaired) electrons. The lowest BCUT2D eigenvalue weighted by Crippen LogP contribution is -2.50. The number of nitrogens with one attached hydrogen (secondary N) is 1. The third kappa shape index (κ3) is 4.15. The fraction of sp³-hybridized carbons (Fsp3) is 0.750. The third-order valence-corrected chi connectivity index (χ3v) is 5.99. The van der Waals surface area contributed by atoms with E-state index in [9.17, 15) is 8.42 Å². The second-order valence-electron chi connectivity index (χ2n) is 4.77.